The molecule has 0 radical (unpaired) electrons. The zero-order chi connectivity index (χ0) is 30.4. The van der Waals surface area contributed by atoms with E-state index in [2.05, 4.69) is 37.2 Å². The highest BCUT2D eigenvalue weighted by Crippen LogP contribution is 2.43. The minimum absolute atomic E-state index is 0.0377. The third-order valence-corrected chi connectivity index (χ3v) is 8.30. The van der Waals surface area contributed by atoms with Gasteiger partial charge < -0.3 is 19.9 Å². The monoisotopic (exact) mass is 712 g/mol. The molecule has 43 heavy (non-hydrogen) atoms. The first kappa shape index (κ1) is 30.8. The molecule has 0 spiro atoms. The SMILES string of the molecule is O=C(NCc1cc(F)cc(F)c1)[C@]1(Cc2ccccc2Br)N=C(c2ccc(OCCCO)cc2)O[C@@H]1c1ccc(Br)cc1. The Balaban J connectivity index is 1.56. The van der Waals surface area contributed by atoms with E-state index in [1.54, 1.807) is 24.3 Å². The first-order chi connectivity index (χ1) is 20.8. The Kier molecular flexibility index (Phi) is 9.90. The number of aliphatic imine (C=N–C) groups is 1. The quantitative estimate of drug-likeness (QED) is 0.163. The lowest BCUT2D eigenvalue weighted by atomic mass is 9.82. The van der Waals surface area contributed by atoms with Crippen molar-refractivity contribution >= 4 is 43.7 Å². The third kappa shape index (κ3) is 7.31. The predicted octanol–water partition coefficient (Wildman–Crippen LogP) is 7.07. The number of carbonyl (C=O) groups is 1. The molecule has 4 aromatic carbocycles. The zero-order valence-corrected chi connectivity index (χ0v) is 26.1. The molecule has 6 nitrogen and oxygen atoms in total. The Hall–Kier alpha value is -3.60. The number of nitrogens with one attached hydrogen (secondary N) is 1. The molecular weight excluding hydrogens is 686 g/mol. The summed E-state index contributed by atoms with van der Waals surface area (Å²) in [7, 11) is 0. The van der Waals surface area contributed by atoms with E-state index in [0.717, 1.165) is 26.1 Å². The number of carbonyl (C=O) groups excluding carboxylic acids is 1. The number of amides is 1. The smallest absolute Gasteiger partial charge is 0.252 e. The first-order valence-electron chi connectivity index (χ1n) is 13.6. The van der Waals surface area contributed by atoms with Crippen molar-refractivity contribution in [1.29, 1.82) is 0 Å². The molecule has 2 atom stereocenters. The van der Waals surface area contributed by atoms with Gasteiger partial charge in [0.2, 0.25) is 5.90 Å². The van der Waals surface area contributed by atoms with Gasteiger partial charge in [-0.05, 0) is 71.3 Å². The largest absolute Gasteiger partial charge is 0.494 e. The van der Waals surface area contributed by atoms with Gasteiger partial charge in [-0.25, -0.2) is 13.8 Å². The van der Waals surface area contributed by atoms with Gasteiger partial charge in [0.15, 0.2) is 11.6 Å². The fourth-order valence-corrected chi connectivity index (χ4v) is 5.59. The van der Waals surface area contributed by atoms with E-state index in [1.807, 2.05) is 48.5 Å². The van der Waals surface area contributed by atoms with Gasteiger partial charge >= 0.3 is 0 Å². The topological polar surface area (TPSA) is 80.2 Å². The summed E-state index contributed by atoms with van der Waals surface area (Å²) in [6.45, 7) is 0.308. The molecule has 2 N–H and O–H groups in total. The molecule has 222 valence electrons. The van der Waals surface area contributed by atoms with Crippen LogP contribution < -0.4 is 10.1 Å². The van der Waals surface area contributed by atoms with Gasteiger partial charge in [0, 0.05) is 46.6 Å². The normalized spacial score (nSPS) is 17.7. The maximum Gasteiger partial charge on any atom is 0.252 e. The number of aliphatic hydroxyl groups is 1. The average Bonchev–Trinajstić information content (AvgIpc) is 3.38. The van der Waals surface area contributed by atoms with Gasteiger partial charge in [0.05, 0.1) is 6.61 Å². The second kappa shape index (κ2) is 13.8. The number of aliphatic hydroxyl groups excluding tert-OH is 1. The summed E-state index contributed by atoms with van der Waals surface area (Å²) >= 11 is 7.08. The van der Waals surface area contributed by atoms with Crippen molar-refractivity contribution in [1.82, 2.24) is 5.32 Å². The van der Waals surface area contributed by atoms with E-state index < -0.39 is 29.2 Å². The molecule has 4 aromatic rings. The van der Waals surface area contributed by atoms with Crippen LogP contribution in [-0.2, 0) is 22.5 Å². The molecule has 0 saturated heterocycles. The van der Waals surface area contributed by atoms with Crippen LogP contribution in [0, 0.1) is 11.6 Å². The van der Waals surface area contributed by atoms with Crippen molar-refractivity contribution in [3.8, 4) is 5.75 Å². The molecule has 10 heteroatoms. The van der Waals surface area contributed by atoms with E-state index in [4.69, 9.17) is 19.6 Å². The van der Waals surface area contributed by atoms with Crippen molar-refractivity contribution in [3.63, 3.8) is 0 Å². The Bertz CT molecular complexity index is 1600. The van der Waals surface area contributed by atoms with Crippen LogP contribution in [0.5, 0.6) is 5.75 Å². The van der Waals surface area contributed by atoms with Gasteiger partial charge in [0.1, 0.15) is 17.4 Å². The Morgan fingerprint density at radius 2 is 1.67 bits per heavy atom. The Morgan fingerprint density at radius 3 is 2.35 bits per heavy atom. The number of nitrogens with zero attached hydrogens (tertiary/aromatic N) is 1. The second-order valence-corrected chi connectivity index (χ2v) is 11.8. The lowest BCUT2D eigenvalue weighted by Gasteiger charge is -2.31. The summed E-state index contributed by atoms with van der Waals surface area (Å²) in [5.41, 5.74) is 1.00. The van der Waals surface area contributed by atoms with Gasteiger partial charge in [-0.15, -0.1) is 0 Å². The summed E-state index contributed by atoms with van der Waals surface area (Å²) in [5, 5.41) is 11.9. The Labute approximate surface area is 265 Å². The van der Waals surface area contributed by atoms with Crippen LogP contribution in [0.4, 0.5) is 8.78 Å². The van der Waals surface area contributed by atoms with Crippen LogP contribution in [0.25, 0.3) is 0 Å². The highest BCUT2D eigenvalue weighted by atomic mass is 79.9. The van der Waals surface area contributed by atoms with E-state index in [9.17, 15) is 13.6 Å². The molecule has 1 heterocycles. The maximum absolute atomic E-state index is 14.3. The lowest BCUT2D eigenvalue weighted by molar-refractivity contribution is -0.129. The van der Waals surface area contributed by atoms with E-state index in [1.165, 1.54) is 12.1 Å². The number of hydrogen-bond acceptors (Lipinski definition) is 5. The zero-order valence-electron chi connectivity index (χ0n) is 22.9. The van der Waals surface area contributed by atoms with Crippen molar-refractivity contribution < 1.29 is 28.2 Å². The molecule has 0 fully saturated rings. The molecule has 1 amide bonds. The van der Waals surface area contributed by atoms with Gasteiger partial charge in [-0.2, -0.15) is 0 Å². The van der Waals surface area contributed by atoms with Crippen molar-refractivity contribution in [2.75, 3.05) is 13.2 Å². The number of rotatable bonds is 11. The van der Waals surface area contributed by atoms with Crippen LogP contribution in [0.1, 0.15) is 34.8 Å². The molecule has 0 bridgehead atoms. The summed E-state index contributed by atoms with van der Waals surface area (Å²) in [5.74, 6) is -1.02. The van der Waals surface area contributed by atoms with E-state index in [-0.39, 0.29) is 31.0 Å². The molecule has 0 aromatic heterocycles. The van der Waals surface area contributed by atoms with Crippen LogP contribution in [-0.4, -0.2) is 35.7 Å². The summed E-state index contributed by atoms with van der Waals surface area (Å²) in [6, 6.07) is 25.3. The van der Waals surface area contributed by atoms with Gasteiger partial charge in [-0.3, -0.25) is 4.79 Å². The summed E-state index contributed by atoms with van der Waals surface area (Å²) in [4.78, 5) is 19.3. The number of ether oxygens (including phenoxy) is 2. The summed E-state index contributed by atoms with van der Waals surface area (Å²) in [6.07, 6.45) is -0.140. The standard InChI is InChI=1S/C33H28Br2F2N2O4/c34-25-10-6-22(7-11-25)30-33(19-24-4-1-2-5-29(24)35,32(41)38-20-21-16-26(36)18-27(37)17-21)39-31(43-30)23-8-12-28(13-9-23)42-15-3-14-40/h1-2,4-13,16-18,30,40H,3,14-15,19-20H2,(H,38,41)/t30-,33-/m1/s1. The Morgan fingerprint density at radius 1 is 0.977 bits per heavy atom. The number of halogens is 4. The van der Waals surface area contributed by atoms with Crippen molar-refractivity contribution in [2.24, 2.45) is 4.99 Å². The number of hydrogen-bond donors (Lipinski definition) is 2. The lowest BCUT2D eigenvalue weighted by Crippen LogP contribution is -2.49. The minimum atomic E-state index is -1.48. The van der Waals surface area contributed by atoms with Crippen LogP contribution in [0.3, 0.4) is 0 Å². The molecular formula is C33H28Br2F2N2O4. The molecule has 1 aliphatic heterocycles. The average molecular weight is 714 g/mol. The van der Waals surface area contributed by atoms with Gasteiger partial charge in [0.25, 0.3) is 5.91 Å². The molecule has 0 saturated carbocycles. The summed E-state index contributed by atoms with van der Waals surface area (Å²) < 4.78 is 41.7. The van der Waals surface area contributed by atoms with Crippen LogP contribution in [0.2, 0.25) is 0 Å². The minimum Gasteiger partial charge on any atom is -0.494 e. The maximum atomic E-state index is 14.3. The van der Waals surface area contributed by atoms with Crippen LogP contribution in [0.15, 0.2) is 105 Å². The van der Waals surface area contributed by atoms with Crippen LogP contribution >= 0.6 is 31.9 Å². The van der Waals surface area contributed by atoms with E-state index >= 15 is 0 Å². The van der Waals surface area contributed by atoms with Gasteiger partial charge in [-0.1, -0.05) is 62.2 Å². The fraction of sp³-hybridized carbons (Fsp3) is 0.212. The third-order valence-electron chi connectivity index (χ3n) is 7.00. The van der Waals surface area contributed by atoms with E-state index in [0.29, 0.717) is 24.3 Å². The molecule has 0 unspecified atom stereocenters. The highest BCUT2D eigenvalue weighted by Gasteiger charge is 2.53. The van der Waals surface area contributed by atoms with Crippen molar-refractivity contribution in [3.05, 3.63) is 134 Å². The highest BCUT2D eigenvalue weighted by molar-refractivity contribution is 9.10. The van der Waals surface area contributed by atoms with Crippen molar-refractivity contribution in [2.45, 2.75) is 31.0 Å². The molecule has 5 rings (SSSR count). The molecule has 1 aliphatic rings. The predicted molar refractivity (Wildman–Crippen MR) is 167 cm³/mol. The second-order valence-electron chi connectivity index (χ2n) is 10.1. The molecule has 0 aliphatic carbocycles. The fourth-order valence-electron chi connectivity index (χ4n) is 4.90. The first-order valence-corrected chi connectivity index (χ1v) is 15.2. The number of benzene rings is 4.